The number of hydrogen-bond donors (Lipinski definition) is 1. The summed E-state index contributed by atoms with van der Waals surface area (Å²) in [6.45, 7) is 1.26. The van der Waals surface area contributed by atoms with E-state index in [1.54, 1.807) is 0 Å². The molecule has 1 fully saturated rings. The van der Waals surface area contributed by atoms with E-state index in [2.05, 4.69) is 5.32 Å². The molecule has 4 nitrogen and oxygen atoms in total. The van der Waals surface area contributed by atoms with Crippen LogP contribution in [0.1, 0.15) is 21.5 Å². The van der Waals surface area contributed by atoms with E-state index in [-0.39, 0.29) is 12.6 Å². The number of amides is 1. The lowest BCUT2D eigenvalue weighted by Gasteiger charge is -2.37. The van der Waals surface area contributed by atoms with Crippen LogP contribution in [0.3, 0.4) is 0 Å². The summed E-state index contributed by atoms with van der Waals surface area (Å²) in [7, 11) is 0. The van der Waals surface area contributed by atoms with E-state index in [9.17, 15) is 31.1 Å². The van der Waals surface area contributed by atoms with Gasteiger partial charge in [0, 0.05) is 43.5 Å². The Morgan fingerprint density at radius 3 is 2.28 bits per heavy atom. The van der Waals surface area contributed by atoms with Gasteiger partial charge in [-0.3, -0.25) is 4.79 Å². The first-order chi connectivity index (χ1) is 15.0. The van der Waals surface area contributed by atoms with Gasteiger partial charge in [-0.1, -0.05) is 18.2 Å². The fourth-order valence-corrected chi connectivity index (χ4v) is 3.96. The maximum Gasteiger partial charge on any atom is 0.416 e. The summed E-state index contributed by atoms with van der Waals surface area (Å²) in [5.41, 5.74) is -2.71. The van der Waals surface area contributed by atoms with Gasteiger partial charge in [0.1, 0.15) is 0 Å². The molecule has 3 aromatic rings. The van der Waals surface area contributed by atoms with Crippen molar-refractivity contribution in [1.29, 1.82) is 0 Å². The van der Waals surface area contributed by atoms with E-state index in [0.29, 0.717) is 31.8 Å². The highest BCUT2D eigenvalue weighted by Crippen LogP contribution is 2.36. The molecule has 0 bridgehead atoms. The first-order valence-corrected chi connectivity index (χ1v) is 9.89. The molecular formula is C22H19F6N3O. The van der Waals surface area contributed by atoms with Gasteiger partial charge in [-0.15, -0.1) is 0 Å². The minimum absolute atomic E-state index is 0.0258. The maximum absolute atomic E-state index is 13.2. The monoisotopic (exact) mass is 455 g/mol. The van der Waals surface area contributed by atoms with Crippen molar-refractivity contribution in [3.8, 4) is 0 Å². The average molecular weight is 455 g/mol. The van der Waals surface area contributed by atoms with Crippen LogP contribution < -0.4 is 5.32 Å². The largest absolute Gasteiger partial charge is 0.416 e. The summed E-state index contributed by atoms with van der Waals surface area (Å²) >= 11 is 0. The van der Waals surface area contributed by atoms with Crippen molar-refractivity contribution < 1.29 is 31.1 Å². The fourth-order valence-electron chi connectivity index (χ4n) is 3.96. The third-order valence-corrected chi connectivity index (χ3v) is 5.53. The number of nitrogens with zero attached hydrogens (tertiary/aromatic N) is 2. The Labute approximate surface area is 179 Å². The number of piperazine rings is 1. The lowest BCUT2D eigenvalue weighted by atomic mass is 10.0. The fraction of sp³-hybridized carbons (Fsp3) is 0.318. The van der Waals surface area contributed by atoms with Crippen LogP contribution in [0, 0.1) is 0 Å². The van der Waals surface area contributed by atoms with Crippen LogP contribution >= 0.6 is 0 Å². The SMILES string of the molecule is O=C(c1cc(C(F)(F)F)cc(C(F)(F)F)c1)N1CCNC[C@@H]1Cn1ccc2ccccc21. The Bertz CT molecular complexity index is 1100. The molecule has 1 atom stereocenters. The van der Waals surface area contributed by atoms with Crippen molar-refractivity contribution in [2.24, 2.45) is 0 Å². The van der Waals surface area contributed by atoms with E-state index >= 15 is 0 Å². The van der Waals surface area contributed by atoms with Gasteiger partial charge in [-0.05, 0) is 35.7 Å². The molecule has 1 aliphatic heterocycles. The number of rotatable bonds is 3. The zero-order valence-corrected chi connectivity index (χ0v) is 16.7. The molecule has 1 N–H and O–H groups in total. The first-order valence-electron chi connectivity index (χ1n) is 9.89. The van der Waals surface area contributed by atoms with Gasteiger partial charge in [0.25, 0.3) is 5.91 Å². The van der Waals surface area contributed by atoms with Crippen molar-refractivity contribution in [3.05, 3.63) is 71.4 Å². The molecule has 170 valence electrons. The Kier molecular flexibility index (Phi) is 5.66. The highest BCUT2D eigenvalue weighted by Gasteiger charge is 2.38. The zero-order valence-electron chi connectivity index (χ0n) is 16.7. The summed E-state index contributed by atoms with van der Waals surface area (Å²) in [5.74, 6) is -0.857. The predicted octanol–water partition coefficient (Wildman–Crippen LogP) is 4.79. The Morgan fingerprint density at radius 2 is 1.62 bits per heavy atom. The van der Waals surface area contributed by atoms with Gasteiger partial charge in [-0.25, -0.2) is 0 Å². The van der Waals surface area contributed by atoms with E-state index < -0.39 is 41.0 Å². The number of fused-ring (bicyclic) bond motifs is 1. The van der Waals surface area contributed by atoms with Crippen molar-refractivity contribution in [3.63, 3.8) is 0 Å². The Hall–Kier alpha value is -3.01. The molecule has 0 spiro atoms. The Morgan fingerprint density at radius 1 is 0.969 bits per heavy atom. The molecule has 0 radical (unpaired) electrons. The zero-order chi connectivity index (χ0) is 23.1. The van der Waals surface area contributed by atoms with E-state index in [1.807, 2.05) is 41.1 Å². The third-order valence-electron chi connectivity index (χ3n) is 5.53. The quantitative estimate of drug-likeness (QED) is 0.577. The molecular weight excluding hydrogens is 436 g/mol. The van der Waals surface area contributed by atoms with Crippen LogP contribution in [0.5, 0.6) is 0 Å². The summed E-state index contributed by atoms with van der Waals surface area (Å²) in [4.78, 5) is 14.5. The summed E-state index contributed by atoms with van der Waals surface area (Å²) in [6, 6.07) is 10.0. The van der Waals surface area contributed by atoms with E-state index in [0.717, 1.165) is 10.9 Å². The second-order valence-electron chi connectivity index (χ2n) is 7.68. The maximum atomic E-state index is 13.2. The van der Waals surface area contributed by atoms with Crippen LogP contribution in [0.2, 0.25) is 0 Å². The van der Waals surface area contributed by atoms with Gasteiger partial charge in [0.2, 0.25) is 0 Å². The normalized spacial score (nSPS) is 17.7. The third kappa shape index (κ3) is 4.45. The summed E-state index contributed by atoms with van der Waals surface area (Å²) in [6.07, 6.45) is -8.18. The number of carbonyl (C=O) groups is 1. The molecule has 1 aromatic heterocycles. The smallest absolute Gasteiger partial charge is 0.345 e. The topological polar surface area (TPSA) is 37.3 Å². The van der Waals surface area contributed by atoms with Gasteiger partial charge in [0.15, 0.2) is 0 Å². The molecule has 0 unspecified atom stereocenters. The highest BCUT2D eigenvalue weighted by atomic mass is 19.4. The number of hydrogen-bond acceptors (Lipinski definition) is 2. The van der Waals surface area contributed by atoms with Crippen molar-refractivity contribution in [2.45, 2.75) is 24.9 Å². The Balaban J connectivity index is 1.67. The lowest BCUT2D eigenvalue weighted by molar-refractivity contribution is -0.143. The van der Waals surface area contributed by atoms with Crippen LogP contribution in [-0.4, -0.2) is 41.1 Å². The predicted molar refractivity (Wildman–Crippen MR) is 106 cm³/mol. The van der Waals surface area contributed by atoms with Crippen LogP contribution in [0.4, 0.5) is 26.3 Å². The standard InChI is InChI=1S/C22H19F6N3O/c23-21(24,25)16-9-15(10-17(11-16)22(26,27)28)20(32)31-8-6-29-12-18(31)13-30-7-5-14-3-1-2-4-19(14)30/h1-5,7,9-11,18,29H,6,8,12-13H2/t18-/m1/s1. The summed E-state index contributed by atoms with van der Waals surface area (Å²) < 4.78 is 81.2. The molecule has 0 aliphatic carbocycles. The number of benzene rings is 2. The van der Waals surface area contributed by atoms with Crippen molar-refractivity contribution in [1.82, 2.24) is 14.8 Å². The van der Waals surface area contributed by atoms with Gasteiger partial charge in [0.05, 0.1) is 17.2 Å². The minimum atomic E-state index is -5.01. The number of aromatic nitrogens is 1. The second-order valence-corrected chi connectivity index (χ2v) is 7.68. The van der Waals surface area contributed by atoms with E-state index in [1.165, 1.54) is 4.90 Å². The molecule has 1 amide bonds. The number of nitrogens with one attached hydrogen (secondary N) is 1. The minimum Gasteiger partial charge on any atom is -0.345 e. The second kappa shape index (κ2) is 8.16. The number of alkyl halides is 6. The van der Waals surface area contributed by atoms with Gasteiger partial charge >= 0.3 is 12.4 Å². The summed E-state index contributed by atoms with van der Waals surface area (Å²) in [5, 5.41) is 4.12. The van der Waals surface area contributed by atoms with Crippen molar-refractivity contribution in [2.75, 3.05) is 19.6 Å². The molecule has 10 heteroatoms. The average Bonchev–Trinajstić information content (AvgIpc) is 3.15. The first kappa shape index (κ1) is 22.2. The highest BCUT2D eigenvalue weighted by molar-refractivity contribution is 5.95. The van der Waals surface area contributed by atoms with E-state index in [4.69, 9.17) is 0 Å². The number of para-hydroxylation sites is 1. The van der Waals surface area contributed by atoms with Gasteiger partial charge in [-0.2, -0.15) is 26.3 Å². The molecule has 2 heterocycles. The van der Waals surface area contributed by atoms with Crippen LogP contribution in [-0.2, 0) is 18.9 Å². The van der Waals surface area contributed by atoms with Crippen LogP contribution in [0.25, 0.3) is 10.9 Å². The molecule has 4 rings (SSSR count). The van der Waals surface area contributed by atoms with Gasteiger partial charge < -0.3 is 14.8 Å². The van der Waals surface area contributed by atoms with Crippen LogP contribution in [0.15, 0.2) is 54.7 Å². The molecule has 32 heavy (non-hydrogen) atoms. The molecule has 1 aliphatic rings. The molecule has 0 saturated carbocycles. The molecule has 1 saturated heterocycles. The number of carbonyl (C=O) groups excluding carboxylic acids is 1. The molecule has 2 aromatic carbocycles. The van der Waals surface area contributed by atoms with Crippen molar-refractivity contribution >= 4 is 16.8 Å². The lowest BCUT2D eigenvalue weighted by Crippen LogP contribution is -2.55. The number of halogens is 6.